The van der Waals surface area contributed by atoms with E-state index in [-0.39, 0.29) is 11.1 Å². The van der Waals surface area contributed by atoms with Gasteiger partial charge >= 0.3 is 5.97 Å². The first-order valence-corrected chi connectivity index (χ1v) is 9.59. The number of hydrogen-bond donors (Lipinski definition) is 2. The maximum absolute atomic E-state index is 12.5. The van der Waals surface area contributed by atoms with E-state index >= 15 is 0 Å². The van der Waals surface area contributed by atoms with Gasteiger partial charge in [0.25, 0.3) is 11.8 Å². The Morgan fingerprint density at radius 2 is 1.89 bits per heavy atom. The summed E-state index contributed by atoms with van der Waals surface area (Å²) >= 11 is 9.17. The van der Waals surface area contributed by atoms with E-state index in [1.807, 2.05) is 0 Å². The number of anilines is 1. The lowest BCUT2D eigenvalue weighted by Crippen LogP contribution is -2.46. The molecular formula is C19H19BrClN3O4. The lowest BCUT2D eigenvalue weighted by molar-refractivity contribution is -0.150. The molecule has 0 unspecified atom stereocenters. The normalized spacial score (nSPS) is 11.6. The van der Waals surface area contributed by atoms with Crippen LogP contribution in [0.1, 0.15) is 24.2 Å². The highest BCUT2D eigenvalue weighted by atomic mass is 79.9. The van der Waals surface area contributed by atoms with Crippen molar-refractivity contribution in [1.29, 1.82) is 0 Å². The maximum Gasteiger partial charge on any atom is 0.329 e. The van der Waals surface area contributed by atoms with Crippen molar-refractivity contribution in [2.24, 2.45) is 5.92 Å². The van der Waals surface area contributed by atoms with Crippen molar-refractivity contribution in [1.82, 2.24) is 10.3 Å². The Labute approximate surface area is 175 Å². The molecule has 0 bridgehead atoms. The summed E-state index contributed by atoms with van der Waals surface area (Å²) in [4.78, 5) is 40.7. The lowest BCUT2D eigenvalue weighted by atomic mass is 10.0. The smallest absolute Gasteiger partial charge is 0.329 e. The van der Waals surface area contributed by atoms with Crippen molar-refractivity contribution in [3.05, 3.63) is 57.8 Å². The Morgan fingerprint density at radius 3 is 2.54 bits per heavy atom. The van der Waals surface area contributed by atoms with Gasteiger partial charge in [0, 0.05) is 10.7 Å². The quantitative estimate of drug-likeness (QED) is 0.479. The molecule has 1 aromatic heterocycles. The monoisotopic (exact) mass is 467 g/mol. The SMILES string of the molecule is CC(C)[C@H](NC(=O)c1ccccc1Br)C(=O)OCC(=O)Nc1cccnc1Cl. The average Bonchev–Trinajstić information content (AvgIpc) is 2.66. The van der Waals surface area contributed by atoms with Gasteiger partial charge in [-0.2, -0.15) is 0 Å². The van der Waals surface area contributed by atoms with Gasteiger partial charge in [-0.25, -0.2) is 9.78 Å². The van der Waals surface area contributed by atoms with Crippen LogP contribution in [0, 0.1) is 5.92 Å². The van der Waals surface area contributed by atoms with Crippen LogP contribution in [0.3, 0.4) is 0 Å². The first kappa shape index (κ1) is 21.8. The van der Waals surface area contributed by atoms with Gasteiger partial charge in [0.15, 0.2) is 11.8 Å². The number of ether oxygens (including phenoxy) is 1. The molecule has 0 saturated carbocycles. The molecule has 2 amide bonds. The summed E-state index contributed by atoms with van der Waals surface area (Å²) in [5, 5.41) is 5.28. The summed E-state index contributed by atoms with van der Waals surface area (Å²) < 4.78 is 5.67. The molecule has 9 heteroatoms. The number of pyridine rings is 1. The number of nitrogens with one attached hydrogen (secondary N) is 2. The second-order valence-electron chi connectivity index (χ2n) is 6.17. The van der Waals surface area contributed by atoms with Crippen LogP contribution >= 0.6 is 27.5 Å². The molecule has 2 rings (SSSR count). The molecule has 1 aromatic carbocycles. The van der Waals surface area contributed by atoms with Crippen LogP contribution in [0.25, 0.3) is 0 Å². The van der Waals surface area contributed by atoms with Crippen LogP contribution in [-0.4, -0.2) is 35.4 Å². The van der Waals surface area contributed by atoms with Gasteiger partial charge in [-0.15, -0.1) is 0 Å². The number of halogens is 2. The van der Waals surface area contributed by atoms with Crippen molar-refractivity contribution in [2.45, 2.75) is 19.9 Å². The molecule has 0 aliphatic carbocycles. The zero-order valence-electron chi connectivity index (χ0n) is 15.2. The molecule has 0 aliphatic rings. The highest BCUT2D eigenvalue weighted by Crippen LogP contribution is 2.18. The van der Waals surface area contributed by atoms with Crippen molar-refractivity contribution in [3.63, 3.8) is 0 Å². The van der Waals surface area contributed by atoms with E-state index in [0.717, 1.165) is 0 Å². The minimum absolute atomic E-state index is 0.128. The molecule has 0 spiro atoms. The molecule has 0 saturated heterocycles. The molecule has 1 heterocycles. The van der Waals surface area contributed by atoms with Gasteiger partial charge < -0.3 is 15.4 Å². The number of nitrogens with zero attached hydrogens (tertiary/aromatic N) is 1. The van der Waals surface area contributed by atoms with Gasteiger partial charge in [0.05, 0.1) is 11.3 Å². The third-order valence-corrected chi connectivity index (χ3v) is 4.70. The van der Waals surface area contributed by atoms with Crippen LogP contribution in [0.4, 0.5) is 5.69 Å². The zero-order chi connectivity index (χ0) is 20.7. The summed E-state index contributed by atoms with van der Waals surface area (Å²) in [5.41, 5.74) is 0.706. The zero-order valence-corrected chi connectivity index (χ0v) is 17.6. The van der Waals surface area contributed by atoms with E-state index in [4.69, 9.17) is 16.3 Å². The molecule has 0 aliphatic heterocycles. The van der Waals surface area contributed by atoms with Crippen molar-refractivity contribution < 1.29 is 19.1 Å². The van der Waals surface area contributed by atoms with Crippen molar-refractivity contribution in [3.8, 4) is 0 Å². The minimum atomic E-state index is -0.908. The van der Waals surface area contributed by atoms with Crippen molar-refractivity contribution >= 4 is 51.0 Å². The molecule has 1 atom stereocenters. The van der Waals surface area contributed by atoms with Crippen LogP contribution in [0.2, 0.25) is 5.15 Å². The van der Waals surface area contributed by atoms with Gasteiger partial charge in [-0.3, -0.25) is 9.59 Å². The second kappa shape index (κ2) is 10.2. The molecule has 2 aromatic rings. The summed E-state index contributed by atoms with van der Waals surface area (Å²) in [6.45, 7) is 3.02. The fraction of sp³-hybridized carbons (Fsp3) is 0.263. The van der Waals surface area contributed by atoms with Gasteiger partial charge in [-0.05, 0) is 46.1 Å². The molecule has 0 fully saturated rings. The van der Waals surface area contributed by atoms with E-state index in [1.54, 1.807) is 50.2 Å². The number of aromatic nitrogens is 1. The predicted molar refractivity (Wildman–Crippen MR) is 109 cm³/mol. The van der Waals surface area contributed by atoms with Crippen molar-refractivity contribution in [2.75, 3.05) is 11.9 Å². The number of benzene rings is 1. The lowest BCUT2D eigenvalue weighted by Gasteiger charge is -2.21. The minimum Gasteiger partial charge on any atom is -0.454 e. The molecule has 7 nitrogen and oxygen atoms in total. The highest BCUT2D eigenvalue weighted by molar-refractivity contribution is 9.10. The van der Waals surface area contributed by atoms with E-state index in [0.29, 0.717) is 15.7 Å². The second-order valence-corrected chi connectivity index (χ2v) is 7.39. The summed E-state index contributed by atoms with van der Waals surface area (Å²) in [7, 11) is 0. The predicted octanol–water partition coefficient (Wildman–Crippen LogP) is 3.43. The number of hydrogen-bond acceptors (Lipinski definition) is 5. The molecule has 148 valence electrons. The number of esters is 1. The fourth-order valence-electron chi connectivity index (χ4n) is 2.25. The Kier molecular flexibility index (Phi) is 7.95. The highest BCUT2D eigenvalue weighted by Gasteiger charge is 2.27. The molecule has 28 heavy (non-hydrogen) atoms. The van der Waals surface area contributed by atoms with E-state index in [2.05, 4.69) is 31.5 Å². The summed E-state index contributed by atoms with van der Waals surface area (Å²) in [5.74, 6) is -1.93. The van der Waals surface area contributed by atoms with Crippen LogP contribution in [0.15, 0.2) is 47.1 Å². The van der Waals surface area contributed by atoms with Gasteiger partial charge in [0.2, 0.25) is 0 Å². The molecule has 2 N–H and O–H groups in total. The summed E-state index contributed by atoms with van der Waals surface area (Å²) in [6.07, 6.45) is 1.49. The fourth-order valence-corrected chi connectivity index (χ4v) is 2.89. The first-order chi connectivity index (χ1) is 13.3. The topological polar surface area (TPSA) is 97.4 Å². The Bertz CT molecular complexity index is 876. The Balaban J connectivity index is 1.95. The molecule has 0 radical (unpaired) electrons. The van der Waals surface area contributed by atoms with E-state index in [9.17, 15) is 14.4 Å². The van der Waals surface area contributed by atoms with Gasteiger partial charge in [-0.1, -0.05) is 37.6 Å². The maximum atomic E-state index is 12.5. The Morgan fingerprint density at radius 1 is 1.18 bits per heavy atom. The van der Waals surface area contributed by atoms with Crippen LogP contribution < -0.4 is 10.6 Å². The van der Waals surface area contributed by atoms with Gasteiger partial charge in [0.1, 0.15) is 6.04 Å². The van der Waals surface area contributed by atoms with Crippen LogP contribution in [0.5, 0.6) is 0 Å². The average molecular weight is 469 g/mol. The van der Waals surface area contributed by atoms with E-state index < -0.39 is 30.4 Å². The first-order valence-electron chi connectivity index (χ1n) is 8.42. The number of amides is 2. The third kappa shape index (κ3) is 6.03. The number of rotatable bonds is 7. The number of carbonyl (C=O) groups is 3. The van der Waals surface area contributed by atoms with E-state index in [1.165, 1.54) is 6.20 Å². The summed E-state index contributed by atoms with van der Waals surface area (Å²) in [6, 6.07) is 9.13. The third-order valence-electron chi connectivity index (χ3n) is 3.70. The molecular weight excluding hydrogens is 450 g/mol. The number of carbonyl (C=O) groups excluding carboxylic acids is 3. The standard InChI is InChI=1S/C19H19BrClN3O4/c1-11(2)16(24-18(26)12-6-3-4-7-13(12)20)19(27)28-10-15(25)23-14-8-5-9-22-17(14)21/h3-9,11,16H,10H2,1-2H3,(H,23,25)(H,24,26)/t16-/m0/s1. The Hall–Kier alpha value is -2.45. The largest absolute Gasteiger partial charge is 0.454 e. The van der Waals surface area contributed by atoms with Crippen LogP contribution in [-0.2, 0) is 14.3 Å².